The van der Waals surface area contributed by atoms with Crippen molar-refractivity contribution in [2.24, 2.45) is 4.40 Å². The van der Waals surface area contributed by atoms with E-state index < -0.39 is 17.1 Å². The SMILES string of the molecule is O=S(O)N=C(c1ccc(F)cc1)c1ccco1. The van der Waals surface area contributed by atoms with E-state index in [0.717, 1.165) is 0 Å². The van der Waals surface area contributed by atoms with Crippen LogP contribution in [0.25, 0.3) is 0 Å². The van der Waals surface area contributed by atoms with Crippen LogP contribution in [-0.2, 0) is 11.3 Å². The summed E-state index contributed by atoms with van der Waals surface area (Å²) in [5.74, 6) is -0.0447. The van der Waals surface area contributed by atoms with Crippen molar-refractivity contribution in [2.45, 2.75) is 0 Å². The molecule has 4 nitrogen and oxygen atoms in total. The van der Waals surface area contributed by atoms with Gasteiger partial charge in [0.05, 0.1) is 6.26 Å². The molecule has 88 valence electrons. The van der Waals surface area contributed by atoms with Crippen LogP contribution in [0.5, 0.6) is 0 Å². The molecule has 0 aliphatic rings. The lowest BCUT2D eigenvalue weighted by atomic mass is 10.1. The van der Waals surface area contributed by atoms with Crippen molar-refractivity contribution in [3.8, 4) is 0 Å². The molecule has 0 spiro atoms. The van der Waals surface area contributed by atoms with Crippen LogP contribution in [0.2, 0.25) is 0 Å². The van der Waals surface area contributed by atoms with Gasteiger partial charge in [0.2, 0.25) is 0 Å². The molecule has 0 aliphatic carbocycles. The third-order valence-corrected chi connectivity index (χ3v) is 2.38. The van der Waals surface area contributed by atoms with Gasteiger partial charge in [-0.1, -0.05) is 0 Å². The molecular weight excluding hydrogens is 245 g/mol. The van der Waals surface area contributed by atoms with Gasteiger partial charge in [0.25, 0.3) is 11.3 Å². The van der Waals surface area contributed by atoms with Crippen molar-refractivity contribution in [1.29, 1.82) is 0 Å². The Hall–Kier alpha value is -1.79. The number of furan rings is 1. The molecule has 1 atom stereocenters. The highest BCUT2D eigenvalue weighted by Gasteiger charge is 2.11. The summed E-state index contributed by atoms with van der Waals surface area (Å²) in [6.07, 6.45) is 1.43. The lowest BCUT2D eigenvalue weighted by Crippen LogP contribution is -2.03. The fraction of sp³-hybridized carbons (Fsp3) is 0. The zero-order valence-corrected chi connectivity index (χ0v) is 9.36. The van der Waals surface area contributed by atoms with Crippen LogP contribution in [0.4, 0.5) is 4.39 Å². The Balaban J connectivity index is 2.48. The maximum absolute atomic E-state index is 12.8. The number of benzene rings is 1. The predicted molar refractivity (Wildman–Crippen MR) is 61.5 cm³/mol. The molecule has 2 rings (SSSR count). The largest absolute Gasteiger partial charge is 0.463 e. The first-order valence-electron chi connectivity index (χ1n) is 4.66. The van der Waals surface area contributed by atoms with Gasteiger partial charge in [0, 0.05) is 5.56 Å². The number of halogens is 1. The highest BCUT2D eigenvalue weighted by molar-refractivity contribution is 7.78. The molecule has 0 aliphatic heterocycles. The van der Waals surface area contributed by atoms with Crippen LogP contribution in [0.15, 0.2) is 51.5 Å². The Labute approximate surface area is 99.2 Å². The summed E-state index contributed by atoms with van der Waals surface area (Å²) in [5, 5.41) is 0. The number of nitrogens with zero attached hydrogens (tertiary/aromatic N) is 1. The molecule has 0 fully saturated rings. The van der Waals surface area contributed by atoms with E-state index in [-0.39, 0.29) is 5.71 Å². The summed E-state index contributed by atoms with van der Waals surface area (Å²) in [6, 6.07) is 8.65. The van der Waals surface area contributed by atoms with Gasteiger partial charge in [-0.25, -0.2) is 8.60 Å². The average Bonchev–Trinajstić information content (AvgIpc) is 2.80. The van der Waals surface area contributed by atoms with Crippen molar-refractivity contribution < 1.29 is 17.6 Å². The molecule has 0 radical (unpaired) electrons. The summed E-state index contributed by atoms with van der Waals surface area (Å²) >= 11 is -2.35. The maximum Gasteiger partial charge on any atom is 0.282 e. The van der Waals surface area contributed by atoms with E-state index in [1.54, 1.807) is 12.1 Å². The van der Waals surface area contributed by atoms with Crippen LogP contribution in [0.3, 0.4) is 0 Å². The van der Waals surface area contributed by atoms with E-state index in [9.17, 15) is 8.60 Å². The molecule has 0 amide bonds. The van der Waals surface area contributed by atoms with E-state index in [1.807, 2.05) is 0 Å². The zero-order chi connectivity index (χ0) is 12.3. The summed E-state index contributed by atoms with van der Waals surface area (Å²) in [5.41, 5.74) is 0.708. The monoisotopic (exact) mass is 253 g/mol. The van der Waals surface area contributed by atoms with Gasteiger partial charge in [-0.05, 0) is 36.4 Å². The minimum Gasteiger partial charge on any atom is -0.463 e. The van der Waals surface area contributed by atoms with Crippen molar-refractivity contribution >= 4 is 17.0 Å². The molecule has 6 heteroatoms. The minimum absolute atomic E-state index is 0.204. The first-order chi connectivity index (χ1) is 8.16. The Morgan fingerprint density at radius 1 is 1.29 bits per heavy atom. The van der Waals surface area contributed by atoms with E-state index in [0.29, 0.717) is 11.3 Å². The predicted octanol–water partition coefficient (Wildman–Crippen LogP) is 2.39. The van der Waals surface area contributed by atoms with E-state index in [4.69, 9.17) is 8.97 Å². The van der Waals surface area contributed by atoms with Gasteiger partial charge >= 0.3 is 0 Å². The van der Waals surface area contributed by atoms with Crippen molar-refractivity contribution in [1.82, 2.24) is 0 Å². The fourth-order valence-electron chi connectivity index (χ4n) is 1.34. The van der Waals surface area contributed by atoms with Crippen LogP contribution in [-0.4, -0.2) is 14.5 Å². The topological polar surface area (TPSA) is 62.8 Å². The average molecular weight is 253 g/mol. The van der Waals surface area contributed by atoms with Crippen LogP contribution in [0.1, 0.15) is 11.3 Å². The van der Waals surface area contributed by atoms with Crippen molar-refractivity contribution in [2.75, 3.05) is 0 Å². The molecule has 0 saturated carbocycles. The van der Waals surface area contributed by atoms with Crippen molar-refractivity contribution in [3.05, 3.63) is 59.8 Å². The van der Waals surface area contributed by atoms with Gasteiger partial charge in [0.1, 0.15) is 11.5 Å². The van der Waals surface area contributed by atoms with Crippen LogP contribution in [0, 0.1) is 5.82 Å². The molecular formula is C11H8FNO3S. The number of hydrogen-bond donors (Lipinski definition) is 1. The third-order valence-electron chi connectivity index (χ3n) is 2.04. The Morgan fingerprint density at radius 2 is 2.00 bits per heavy atom. The standard InChI is InChI=1S/C11H8FNO3S/c12-9-5-3-8(4-6-9)11(13-17(14)15)10-2-1-7-16-10/h1-7H,(H,14,15). The second-order valence-corrected chi connectivity index (χ2v) is 3.80. The van der Waals surface area contributed by atoms with Crippen LogP contribution < -0.4 is 0 Å². The Morgan fingerprint density at radius 3 is 2.53 bits per heavy atom. The van der Waals surface area contributed by atoms with Crippen LogP contribution >= 0.6 is 0 Å². The molecule has 1 heterocycles. The Bertz CT molecular complexity index is 549. The summed E-state index contributed by atoms with van der Waals surface area (Å²) < 4.78 is 41.0. The van der Waals surface area contributed by atoms with Gasteiger partial charge in [-0.15, -0.1) is 0 Å². The highest BCUT2D eigenvalue weighted by Crippen LogP contribution is 2.13. The zero-order valence-electron chi connectivity index (χ0n) is 8.54. The first-order valence-corrected chi connectivity index (χ1v) is 5.72. The van der Waals surface area contributed by atoms with Gasteiger partial charge < -0.3 is 4.42 Å². The molecule has 0 bridgehead atoms. The maximum atomic E-state index is 12.8. The molecule has 1 aromatic heterocycles. The summed E-state index contributed by atoms with van der Waals surface area (Å²) in [4.78, 5) is 0. The first kappa shape index (κ1) is 11.7. The molecule has 1 unspecified atom stereocenters. The number of rotatable bonds is 3. The van der Waals surface area contributed by atoms with E-state index in [2.05, 4.69) is 4.40 Å². The van der Waals surface area contributed by atoms with Crippen molar-refractivity contribution in [3.63, 3.8) is 0 Å². The van der Waals surface area contributed by atoms with Gasteiger partial charge in [-0.2, -0.15) is 4.40 Å². The summed E-state index contributed by atoms with van der Waals surface area (Å²) in [7, 11) is 0. The normalized spacial score (nSPS) is 13.6. The van der Waals surface area contributed by atoms with E-state index >= 15 is 0 Å². The lowest BCUT2D eigenvalue weighted by molar-refractivity contribution is 0.555. The smallest absolute Gasteiger partial charge is 0.282 e. The fourth-order valence-corrected chi connectivity index (χ4v) is 1.69. The molecule has 1 N–H and O–H groups in total. The second-order valence-electron chi connectivity index (χ2n) is 3.15. The quantitative estimate of drug-likeness (QED) is 0.674. The third kappa shape index (κ3) is 2.86. The lowest BCUT2D eigenvalue weighted by Gasteiger charge is -2.02. The molecule has 0 saturated heterocycles. The Kier molecular flexibility index (Phi) is 3.46. The molecule has 17 heavy (non-hydrogen) atoms. The number of hydrogen-bond acceptors (Lipinski definition) is 2. The van der Waals surface area contributed by atoms with Gasteiger partial charge in [-0.3, -0.25) is 4.55 Å². The minimum atomic E-state index is -2.35. The summed E-state index contributed by atoms with van der Waals surface area (Å²) in [6.45, 7) is 0. The highest BCUT2D eigenvalue weighted by atomic mass is 32.2. The van der Waals surface area contributed by atoms with E-state index in [1.165, 1.54) is 30.5 Å². The second kappa shape index (κ2) is 5.03. The molecule has 2 aromatic rings. The van der Waals surface area contributed by atoms with Gasteiger partial charge in [0.15, 0.2) is 5.76 Å². The molecule has 1 aromatic carbocycles.